The average Bonchev–Trinajstić information content (AvgIpc) is 2.59. The number of carbonyl (C=O) groups is 1. The van der Waals surface area contributed by atoms with Gasteiger partial charge in [0.25, 0.3) is 5.91 Å². The van der Waals surface area contributed by atoms with E-state index in [-0.39, 0.29) is 30.7 Å². The summed E-state index contributed by atoms with van der Waals surface area (Å²) >= 11 is 0. The Morgan fingerprint density at radius 2 is 1.83 bits per heavy atom. The zero-order valence-electron chi connectivity index (χ0n) is 13.6. The summed E-state index contributed by atoms with van der Waals surface area (Å²) in [5, 5.41) is 2.87. The summed E-state index contributed by atoms with van der Waals surface area (Å²) < 4.78 is 0. The zero-order chi connectivity index (χ0) is 15.8. The second-order valence-electron chi connectivity index (χ2n) is 5.05. The van der Waals surface area contributed by atoms with Crippen LogP contribution in [0, 0.1) is 0 Å². The summed E-state index contributed by atoms with van der Waals surface area (Å²) in [7, 11) is 1.95. The number of carbonyl (C=O) groups excluding carboxylic acids is 1. The normalized spacial score (nSPS) is 9.42. The van der Waals surface area contributed by atoms with Crippen LogP contribution in [-0.4, -0.2) is 31.0 Å². The van der Waals surface area contributed by atoms with Gasteiger partial charge < -0.3 is 16.0 Å². The molecular weight excluding hydrogens is 347 g/mol. The topological polar surface area (TPSA) is 71.2 Å². The van der Waals surface area contributed by atoms with E-state index in [0.29, 0.717) is 18.7 Å². The van der Waals surface area contributed by atoms with Gasteiger partial charge in [0.1, 0.15) is 5.82 Å². The van der Waals surface area contributed by atoms with Crippen molar-refractivity contribution >= 4 is 42.2 Å². The van der Waals surface area contributed by atoms with Gasteiger partial charge in [-0.25, -0.2) is 4.98 Å². The van der Waals surface area contributed by atoms with Crippen LogP contribution in [0.2, 0.25) is 0 Å². The summed E-state index contributed by atoms with van der Waals surface area (Å²) in [6.45, 7) is 1.29. The van der Waals surface area contributed by atoms with Crippen molar-refractivity contribution in [3.05, 3.63) is 54.2 Å². The summed E-state index contributed by atoms with van der Waals surface area (Å²) in [4.78, 5) is 18.3. The number of pyridine rings is 1. The van der Waals surface area contributed by atoms with Crippen LogP contribution in [0.3, 0.4) is 0 Å². The van der Waals surface area contributed by atoms with E-state index < -0.39 is 0 Å². The Labute approximate surface area is 155 Å². The zero-order valence-corrected chi connectivity index (χ0v) is 15.3. The first-order chi connectivity index (χ1) is 10.7. The predicted octanol–water partition coefficient (Wildman–Crippen LogP) is 3.16. The van der Waals surface area contributed by atoms with Crippen LogP contribution < -0.4 is 16.0 Å². The molecular formula is C17H24Cl2N4O. The third kappa shape index (κ3) is 6.35. The van der Waals surface area contributed by atoms with Gasteiger partial charge in [0.05, 0.1) is 5.56 Å². The van der Waals surface area contributed by atoms with Crippen LogP contribution in [0.25, 0.3) is 0 Å². The number of hydrogen-bond acceptors (Lipinski definition) is 4. The fraction of sp³-hybridized carbons (Fsp3) is 0.294. The van der Waals surface area contributed by atoms with Gasteiger partial charge in [-0.15, -0.1) is 24.8 Å². The van der Waals surface area contributed by atoms with E-state index in [1.807, 2.05) is 48.3 Å². The Balaban J connectivity index is 0.00000264. The molecule has 5 nitrogen and oxygen atoms in total. The maximum Gasteiger partial charge on any atom is 0.252 e. The van der Waals surface area contributed by atoms with Gasteiger partial charge in [0.15, 0.2) is 0 Å². The minimum Gasteiger partial charge on any atom is -0.352 e. The molecule has 0 atom stereocenters. The predicted molar refractivity (Wildman–Crippen MR) is 104 cm³/mol. The molecule has 1 aromatic carbocycles. The maximum atomic E-state index is 12.0. The van der Waals surface area contributed by atoms with E-state index in [4.69, 9.17) is 5.73 Å². The number of nitrogens with one attached hydrogen (secondary N) is 1. The number of anilines is 2. The Hall–Kier alpha value is -1.82. The SMILES string of the molecule is CN(c1ccccc1)c1ccc(C(=O)NCCCCN)cn1.Cl.Cl. The number of halogens is 2. The number of nitrogens with zero attached hydrogens (tertiary/aromatic N) is 2. The lowest BCUT2D eigenvalue weighted by molar-refractivity contribution is 0.0952. The van der Waals surface area contributed by atoms with Gasteiger partial charge in [0.2, 0.25) is 0 Å². The Bertz CT molecular complexity index is 593. The third-order valence-electron chi connectivity index (χ3n) is 3.41. The number of unbranched alkanes of at least 4 members (excludes halogenated alkanes) is 1. The highest BCUT2D eigenvalue weighted by Gasteiger charge is 2.08. The molecule has 1 aromatic heterocycles. The highest BCUT2D eigenvalue weighted by Crippen LogP contribution is 2.20. The average molecular weight is 371 g/mol. The van der Waals surface area contributed by atoms with Gasteiger partial charge in [0, 0.05) is 25.5 Å². The van der Waals surface area contributed by atoms with Gasteiger partial charge in [-0.3, -0.25) is 4.79 Å². The second-order valence-corrected chi connectivity index (χ2v) is 5.05. The Morgan fingerprint density at radius 1 is 1.12 bits per heavy atom. The number of amides is 1. The molecule has 0 saturated carbocycles. The van der Waals surface area contributed by atoms with Crippen LogP contribution >= 0.6 is 24.8 Å². The molecule has 0 saturated heterocycles. The molecule has 0 aliphatic rings. The fourth-order valence-corrected chi connectivity index (χ4v) is 2.08. The monoisotopic (exact) mass is 370 g/mol. The van der Waals surface area contributed by atoms with E-state index >= 15 is 0 Å². The minimum atomic E-state index is -0.0987. The first kappa shape index (κ1) is 22.2. The number of nitrogens with two attached hydrogens (primary N) is 1. The van der Waals surface area contributed by atoms with Crippen LogP contribution in [0.15, 0.2) is 48.7 Å². The Kier molecular flexibility index (Phi) is 10.8. The van der Waals surface area contributed by atoms with Crippen LogP contribution in [0.5, 0.6) is 0 Å². The first-order valence-electron chi connectivity index (χ1n) is 7.45. The number of para-hydroxylation sites is 1. The molecule has 2 aromatic rings. The molecule has 0 aliphatic carbocycles. The summed E-state index contributed by atoms with van der Waals surface area (Å²) in [6.07, 6.45) is 3.41. The fourth-order valence-electron chi connectivity index (χ4n) is 2.08. The maximum absolute atomic E-state index is 12.0. The molecule has 0 unspecified atom stereocenters. The lowest BCUT2D eigenvalue weighted by atomic mass is 10.2. The quantitative estimate of drug-likeness (QED) is 0.734. The molecule has 1 amide bonds. The lowest BCUT2D eigenvalue weighted by Crippen LogP contribution is -2.25. The number of rotatable bonds is 7. The smallest absolute Gasteiger partial charge is 0.252 e. The van der Waals surface area contributed by atoms with Crippen molar-refractivity contribution in [3.8, 4) is 0 Å². The molecule has 3 N–H and O–H groups in total. The minimum absolute atomic E-state index is 0. The third-order valence-corrected chi connectivity index (χ3v) is 3.41. The van der Waals surface area contributed by atoms with E-state index in [1.165, 1.54) is 0 Å². The number of aromatic nitrogens is 1. The Morgan fingerprint density at radius 3 is 2.42 bits per heavy atom. The summed E-state index contributed by atoms with van der Waals surface area (Å²) in [6, 6.07) is 13.6. The van der Waals surface area contributed by atoms with Gasteiger partial charge in [-0.2, -0.15) is 0 Å². The largest absolute Gasteiger partial charge is 0.352 e. The molecule has 1 heterocycles. The highest BCUT2D eigenvalue weighted by atomic mass is 35.5. The molecule has 0 fully saturated rings. The molecule has 132 valence electrons. The highest BCUT2D eigenvalue weighted by molar-refractivity contribution is 5.94. The standard InChI is InChI=1S/C17H22N4O.2ClH/c1-21(15-7-3-2-4-8-15)16-10-9-14(13-20-16)17(22)19-12-6-5-11-18;;/h2-4,7-10,13H,5-6,11-12,18H2,1H3,(H,19,22);2*1H. The second kappa shape index (κ2) is 11.7. The number of hydrogen-bond donors (Lipinski definition) is 2. The number of benzene rings is 1. The van der Waals surface area contributed by atoms with Crippen molar-refractivity contribution in [3.63, 3.8) is 0 Å². The lowest BCUT2D eigenvalue weighted by Gasteiger charge is -2.18. The first-order valence-corrected chi connectivity index (χ1v) is 7.45. The van der Waals surface area contributed by atoms with Gasteiger partial charge in [-0.1, -0.05) is 18.2 Å². The van der Waals surface area contributed by atoms with E-state index in [0.717, 1.165) is 24.3 Å². The molecule has 0 radical (unpaired) electrons. The van der Waals surface area contributed by atoms with E-state index in [2.05, 4.69) is 10.3 Å². The van der Waals surface area contributed by atoms with Crippen molar-refractivity contribution in [1.82, 2.24) is 10.3 Å². The van der Waals surface area contributed by atoms with Crippen molar-refractivity contribution in [1.29, 1.82) is 0 Å². The van der Waals surface area contributed by atoms with E-state index in [1.54, 1.807) is 12.3 Å². The van der Waals surface area contributed by atoms with Crippen molar-refractivity contribution in [2.24, 2.45) is 5.73 Å². The molecule has 2 rings (SSSR count). The molecule has 0 aliphatic heterocycles. The van der Waals surface area contributed by atoms with Gasteiger partial charge >= 0.3 is 0 Å². The molecule has 0 spiro atoms. The summed E-state index contributed by atoms with van der Waals surface area (Å²) in [5.41, 5.74) is 7.04. The van der Waals surface area contributed by atoms with Crippen LogP contribution in [0.4, 0.5) is 11.5 Å². The van der Waals surface area contributed by atoms with Crippen LogP contribution in [0.1, 0.15) is 23.2 Å². The van der Waals surface area contributed by atoms with Crippen molar-refractivity contribution < 1.29 is 4.79 Å². The van der Waals surface area contributed by atoms with E-state index in [9.17, 15) is 4.79 Å². The van der Waals surface area contributed by atoms with Crippen molar-refractivity contribution in [2.45, 2.75) is 12.8 Å². The molecule has 0 bridgehead atoms. The van der Waals surface area contributed by atoms with Gasteiger partial charge in [-0.05, 0) is 43.7 Å². The molecule has 7 heteroatoms. The summed E-state index contributed by atoms with van der Waals surface area (Å²) in [5.74, 6) is 0.698. The molecule has 24 heavy (non-hydrogen) atoms. The van der Waals surface area contributed by atoms with Crippen molar-refractivity contribution in [2.75, 3.05) is 25.0 Å². The van der Waals surface area contributed by atoms with Crippen LogP contribution in [-0.2, 0) is 0 Å².